The number of carbonyl (C=O) groups is 1. The molecular formula is C23H19ClN4O3. The van der Waals surface area contributed by atoms with Gasteiger partial charge in [0.15, 0.2) is 11.5 Å². The number of hydrazone groups is 1. The van der Waals surface area contributed by atoms with Gasteiger partial charge in [0.1, 0.15) is 5.82 Å². The van der Waals surface area contributed by atoms with Gasteiger partial charge in [0.05, 0.1) is 29.4 Å². The van der Waals surface area contributed by atoms with Crippen LogP contribution in [0, 0.1) is 0 Å². The summed E-state index contributed by atoms with van der Waals surface area (Å²) < 4.78 is 4.99. The molecule has 7 nitrogen and oxygen atoms in total. The third-order valence-corrected chi connectivity index (χ3v) is 5.10. The van der Waals surface area contributed by atoms with E-state index in [-0.39, 0.29) is 22.4 Å². The number of rotatable bonds is 6. The first-order chi connectivity index (χ1) is 15.0. The number of carbonyl (C=O) groups excluding carboxylic acids is 1. The fourth-order valence-corrected chi connectivity index (χ4v) is 3.33. The number of ether oxygens (including phenoxy) is 1. The van der Waals surface area contributed by atoms with Gasteiger partial charge in [0.25, 0.3) is 5.91 Å². The average Bonchev–Trinajstić information content (AvgIpc) is 3.18. The summed E-state index contributed by atoms with van der Waals surface area (Å²) in [6, 6.07) is 18.4. The van der Waals surface area contributed by atoms with Crippen LogP contribution in [0.5, 0.6) is 11.5 Å². The minimum Gasteiger partial charge on any atom is -0.503 e. The van der Waals surface area contributed by atoms with Crippen LogP contribution in [0.1, 0.15) is 27.3 Å². The Balaban J connectivity index is 1.46. The highest BCUT2D eigenvalue weighted by Crippen LogP contribution is 2.35. The van der Waals surface area contributed by atoms with E-state index in [0.717, 1.165) is 22.4 Å². The van der Waals surface area contributed by atoms with E-state index in [1.165, 1.54) is 13.3 Å². The quantitative estimate of drug-likeness (QED) is 0.311. The molecule has 0 fully saturated rings. The number of imidazole rings is 1. The lowest BCUT2D eigenvalue weighted by Crippen LogP contribution is -2.17. The van der Waals surface area contributed by atoms with Crippen molar-refractivity contribution >= 4 is 34.8 Å². The van der Waals surface area contributed by atoms with Crippen molar-refractivity contribution in [2.45, 2.75) is 6.42 Å². The average molecular weight is 435 g/mol. The minimum atomic E-state index is -0.383. The van der Waals surface area contributed by atoms with Gasteiger partial charge in [-0.1, -0.05) is 41.9 Å². The first-order valence-corrected chi connectivity index (χ1v) is 9.84. The van der Waals surface area contributed by atoms with Gasteiger partial charge < -0.3 is 14.8 Å². The normalized spacial score (nSPS) is 11.2. The van der Waals surface area contributed by atoms with Crippen molar-refractivity contribution in [2.24, 2.45) is 5.10 Å². The summed E-state index contributed by atoms with van der Waals surface area (Å²) in [7, 11) is 1.43. The molecule has 0 bridgehead atoms. The Morgan fingerprint density at radius 1 is 1.23 bits per heavy atom. The lowest BCUT2D eigenvalue weighted by atomic mass is 10.1. The number of nitrogens with one attached hydrogen (secondary N) is 2. The van der Waals surface area contributed by atoms with Crippen molar-refractivity contribution in [1.29, 1.82) is 0 Å². The van der Waals surface area contributed by atoms with Gasteiger partial charge in [-0.15, -0.1) is 0 Å². The molecule has 0 radical (unpaired) electrons. The van der Waals surface area contributed by atoms with E-state index in [0.29, 0.717) is 17.5 Å². The Kier molecular flexibility index (Phi) is 5.86. The van der Waals surface area contributed by atoms with Gasteiger partial charge in [-0.05, 0) is 35.9 Å². The van der Waals surface area contributed by atoms with Crippen LogP contribution in [0.4, 0.5) is 0 Å². The molecule has 0 unspecified atom stereocenters. The predicted octanol–water partition coefficient (Wildman–Crippen LogP) is 4.29. The Bertz CT molecular complexity index is 1270. The Morgan fingerprint density at radius 2 is 2.03 bits per heavy atom. The van der Waals surface area contributed by atoms with Crippen LogP contribution < -0.4 is 10.2 Å². The smallest absolute Gasteiger partial charge is 0.271 e. The summed E-state index contributed by atoms with van der Waals surface area (Å²) in [5.74, 6) is 0.512. The summed E-state index contributed by atoms with van der Waals surface area (Å²) in [4.78, 5) is 20.3. The highest BCUT2D eigenvalue weighted by atomic mass is 35.5. The van der Waals surface area contributed by atoms with Gasteiger partial charge in [0.2, 0.25) is 0 Å². The number of nitrogens with zero attached hydrogens (tertiary/aromatic N) is 2. The van der Waals surface area contributed by atoms with Crippen molar-refractivity contribution < 1.29 is 14.6 Å². The second-order valence-electron chi connectivity index (χ2n) is 6.80. The van der Waals surface area contributed by atoms with E-state index in [4.69, 9.17) is 16.3 Å². The number of phenols is 1. The Morgan fingerprint density at radius 3 is 2.81 bits per heavy atom. The summed E-state index contributed by atoms with van der Waals surface area (Å²) in [6.07, 6.45) is 2.03. The zero-order chi connectivity index (χ0) is 21.8. The molecule has 0 atom stereocenters. The molecule has 8 heteroatoms. The summed E-state index contributed by atoms with van der Waals surface area (Å²) in [6.45, 7) is 0. The molecule has 1 amide bonds. The number of methoxy groups -OCH3 is 1. The number of hydrogen-bond donors (Lipinski definition) is 3. The summed E-state index contributed by atoms with van der Waals surface area (Å²) >= 11 is 6.09. The van der Waals surface area contributed by atoms with Crippen molar-refractivity contribution in [1.82, 2.24) is 15.4 Å². The van der Waals surface area contributed by atoms with E-state index < -0.39 is 0 Å². The molecule has 0 spiro atoms. The molecule has 1 aromatic heterocycles. The maximum absolute atomic E-state index is 12.5. The second-order valence-corrected chi connectivity index (χ2v) is 7.17. The Hall–Kier alpha value is -3.84. The van der Waals surface area contributed by atoms with Crippen LogP contribution in [-0.4, -0.2) is 34.3 Å². The van der Waals surface area contributed by atoms with E-state index >= 15 is 0 Å². The molecule has 31 heavy (non-hydrogen) atoms. The molecule has 0 aliphatic rings. The summed E-state index contributed by atoms with van der Waals surface area (Å²) in [5.41, 5.74) is 6.03. The molecule has 156 valence electrons. The minimum absolute atomic E-state index is 0.0853. The van der Waals surface area contributed by atoms with Gasteiger partial charge in [0, 0.05) is 17.5 Å². The number of benzene rings is 3. The highest BCUT2D eigenvalue weighted by molar-refractivity contribution is 6.34. The fourth-order valence-electron chi connectivity index (χ4n) is 3.13. The first kappa shape index (κ1) is 20.4. The van der Waals surface area contributed by atoms with Crippen molar-refractivity contribution in [3.63, 3.8) is 0 Å². The fraction of sp³-hybridized carbons (Fsp3) is 0.0870. The van der Waals surface area contributed by atoms with Gasteiger partial charge in [-0.25, -0.2) is 10.4 Å². The van der Waals surface area contributed by atoms with Crippen LogP contribution in [-0.2, 0) is 6.42 Å². The largest absolute Gasteiger partial charge is 0.503 e. The topological polar surface area (TPSA) is 99.6 Å². The lowest BCUT2D eigenvalue weighted by molar-refractivity contribution is 0.0955. The van der Waals surface area contributed by atoms with Crippen LogP contribution in [0.25, 0.3) is 11.0 Å². The molecule has 0 aliphatic carbocycles. The molecule has 0 saturated heterocycles. The second kappa shape index (κ2) is 8.89. The SMILES string of the molecule is COc1ccc(/C=N\NC(=O)c2ccc3nc(Cc4ccccc4)[nH]c3c2)c(Cl)c1O. The number of amides is 1. The van der Waals surface area contributed by atoms with E-state index in [2.05, 4.69) is 20.5 Å². The van der Waals surface area contributed by atoms with Gasteiger partial charge >= 0.3 is 0 Å². The maximum atomic E-state index is 12.5. The first-order valence-electron chi connectivity index (χ1n) is 9.46. The van der Waals surface area contributed by atoms with Crippen LogP contribution in [0.2, 0.25) is 5.02 Å². The lowest BCUT2D eigenvalue weighted by Gasteiger charge is -2.06. The van der Waals surface area contributed by atoms with E-state index in [1.807, 2.05) is 30.3 Å². The monoisotopic (exact) mass is 434 g/mol. The Labute approximate surface area is 183 Å². The number of H-pyrrole nitrogens is 1. The number of aromatic nitrogens is 2. The zero-order valence-corrected chi connectivity index (χ0v) is 17.3. The zero-order valence-electron chi connectivity index (χ0n) is 16.6. The number of aromatic amines is 1. The number of fused-ring (bicyclic) bond motifs is 1. The standard InChI is InChI=1S/C23H19ClN4O3/c1-31-19-10-8-16(21(24)22(19)29)13-25-28-23(30)15-7-9-17-18(12-15)27-20(26-17)11-14-5-3-2-4-6-14/h2-10,12-13,29H,11H2,1H3,(H,26,27)(H,28,30)/b25-13-. The molecule has 0 aliphatic heterocycles. The van der Waals surface area contributed by atoms with Crippen LogP contribution >= 0.6 is 11.6 Å². The van der Waals surface area contributed by atoms with Crippen molar-refractivity contribution in [2.75, 3.05) is 7.11 Å². The maximum Gasteiger partial charge on any atom is 0.271 e. The molecular weight excluding hydrogens is 416 g/mol. The van der Waals surface area contributed by atoms with Crippen molar-refractivity contribution in [3.8, 4) is 11.5 Å². The molecule has 1 heterocycles. The molecule has 0 saturated carbocycles. The van der Waals surface area contributed by atoms with E-state index in [9.17, 15) is 9.90 Å². The van der Waals surface area contributed by atoms with Crippen LogP contribution in [0.15, 0.2) is 65.8 Å². The third-order valence-electron chi connectivity index (χ3n) is 4.71. The molecule has 3 N–H and O–H groups in total. The predicted molar refractivity (Wildman–Crippen MR) is 120 cm³/mol. The number of aromatic hydroxyl groups is 1. The highest BCUT2D eigenvalue weighted by Gasteiger charge is 2.11. The molecule has 4 aromatic rings. The molecule has 3 aromatic carbocycles. The van der Waals surface area contributed by atoms with Gasteiger partial charge in [-0.2, -0.15) is 5.10 Å². The third kappa shape index (κ3) is 4.51. The summed E-state index contributed by atoms with van der Waals surface area (Å²) in [5, 5.41) is 14.0. The number of hydrogen-bond acceptors (Lipinski definition) is 5. The van der Waals surface area contributed by atoms with Crippen LogP contribution in [0.3, 0.4) is 0 Å². The molecule has 4 rings (SSSR count). The van der Waals surface area contributed by atoms with Crippen molar-refractivity contribution in [3.05, 3.63) is 88.2 Å². The number of phenolic OH excluding ortho intramolecular Hbond substituents is 1. The number of halogens is 1. The van der Waals surface area contributed by atoms with Gasteiger partial charge in [-0.3, -0.25) is 4.79 Å². The van der Waals surface area contributed by atoms with E-state index in [1.54, 1.807) is 30.3 Å².